The lowest BCUT2D eigenvalue weighted by molar-refractivity contribution is 0.497. The summed E-state index contributed by atoms with van der Waals surface area (Å²) in [6, 6.07) is 1.66. The van der Waals surface area contributed by atoms with E-state index >= 15 is 0 Å². The molecule has 0 amide bonds. The SMILES string of the molecule is CC(C)n1ncc(Cl)c1C(N)c1ncc(Br)cc1Br. The van der Waals surface area contributed by atoms with Gasteiger partial charge in [0.1, 0.15) is 0 Å². The minimum absolute atomic E-state index is 0.183. The van der Waals surface area contributed by atoms with Gasteiger partial charge in [0.15, 0.2) is 0 Å². The Labute approximate surface area is 133 Å². The zero-order valence-corrected chi connectivity index (χ0v) is 14.4. The third-order valence-electron chi connectivity index (χ3n) is 2.70. The van der Waals surface area contributed by atoms with Gasteiger partial charge in [0, 0.05) is 21.2 Å². The Morgan fingerprint density at radius 2 is 2.00 bits per heavy atom. The van der Waals surface area contributed by atoms with E-state index in [2.05, 4.69) is 41.9 Å². The molecule has 2 N–H and O–H groups in total. The van der Waals surface area contributed by atoms with Gasteiger partial charge in [-0.2, -0.15) is 5.10 Å². The van der Waals surface area contributed by atoms with E-state index in [4.69, 9.17) is 17.3 Å². The largest absolute Gasteiger partial charge is 0.318 e. The van der Waals surface area contributed by atoms with Crippen molar-refractivity contribution < 1.29 is 0 Å². The van der Waals surface area contributed by atoms with Crippen LogP contribution in [0.5, 0.6) is 0 Å². The molecule has 1 atom stereocenters. The first-order valence-electron chi connectivity index (χ1n) is 5.71. The summed E-state index contributed by atoms with van der Waals surface area (Å²) < 4.78 is 3.55. The molecule has 0 saturated carbocycles. The van der Waals surface area contributed by atoms with Crippen LogP contribution in [0.2, 0.25) is 5.02 Å². The number of hydrogen-bond donors (Lipinski definition) is 1. The molecular weight excluding hydrogens is 395 g/mol. The quantitative estimate of drug-likeness (QED) is 0.832. The fourth-order valence-corrected chi connectivity index (χ4v) is 3.32. The molecule has 19 heavy (non-hydrogen) atoms. The molecule has 0 fully saturated rings. The van der Waals surface area contributed by atoms with Crippen molar-refractivity contribution in [1.29, 1.82) is 0 Å². The van der Waals surface area contributed by atoms with E-state index in [0.29, 0.717) is 5.02 Å². The van der Waals surface area contributed by atoms with Gasteiger partial charge in [-0.05, 0) is 51.8 Å². The first kappa shape index (κ1) is 15.0. The van der Waals surface area contributed by atoms with Crippen molar-refractivity contribution >= 4 is 43.5 Å². The van der Waals surface area contributed by atoms with Crippen LogP contribution in [0.1, 0.15) is 37.3 Å². The van der Waals surface area contributed by atoms with E-state index in [1.54, 1.807) is 12.4 Å². The predicted molar refractivity (Wildman–Crippen MR) is 83.3 cm³/mol. The highest BCUT2D eigenvalue weighted by molar-refractivity contribution is 9.11. The van der Waals surface area contributed by atoms with Gasteiger partial charge >= 0.3 is 0 Å². The average Bonchev–Trinajstić information content (AvgIpc) is 2.70. The topological polar surface area (TPSA) is 56.7 Å². The maximum absolute atomic E-state index is 6.30. The third kappa shape index (κ3) is 3.02. The van der Waals surface area contributed by atoms with Crippen LogP contribution in [-0.4, -0.2) is 14.8 Å². The minimum Gasteiger partial charge on any atom is -0.318 e. The van der Waals surface area contributed by atoms with Crippen LogP contribution in [-0.2, 0) is 0 Å². The van der Waals surface area contributed by atoms with Crippen molar-refractivity contribution in [1.82, 2.24) is 14.8 Å². The van der Waals surface area contributed by atoms with E-state index in [0.717, 1.165) is 20.3 Å². The second-order valence-electron chi connectivity index (χ2n) is 4.41. The zero-order chi connectivity index (χ0) is 14.2. The van der Waals surface area contributed by atoms with Crippen molar-refractivity contribution in [2.24, 2.45) is 5.73 Å². The summed E-state index contributed by atoms with van der Waals surface area (Å²) in [6.45, 7) is 4.06. The molecule has 0 aliphatic carbocycles. The summed E-state index contributed by atoms with van der Waals surface area (Å²) in [5.74, 6) is 0. The van der Waals surface area contributed by atoms with Gasteiger partial charge in [-0.1, -0.05) is 11.6 Å². The second-order valence-corrected chi connectivity index (χ2v) is 6.59. The molecule has 0 bridgehead atoms. The molecule has 2 rings (SSSR count). The van der Waals surface area contributed by atoms with Crippen molar-refractivity contribution in [2.75, 3.05) is 0 Å². The molecule has 0 aromatic carbocycles. The Hall–Kier alpha value is -0.430. The maximum Gasteiger partial charge on any atom is 0.0923 e. The van der Waals surface area contributed by atoms with E-state index < -0.39 is 6.04 Å². The fourth-order valence-electron chi connectivity index (χ4n) is 1.84. The van der Waals surface area contributed by atoms with Crippen LogP contribution in [0.3, 0.4) is 0 Å². The summed E-state index contributed by atoms with van der Waals surface area (Å²) in [5, 5.41) is 4.81. The van der Waals surface area contributed by atoms with E-state index in [9.17, 15) is 0 Å². The van der Waals surface area contributed by atoms with Crippen molar-refractivity contribution in [3.63, 3.8) is 0 Å². The average molecular weight is 409 g/mol. The molecule has 0 aliphatic heterocycles. The molecule has 0 radical (unpaired) electrons. The fraction of sp³-hybridized carbons (Fsp3) is 0.333. The smallest absolute Gasteiger partial charge is 0.0923 e. The number of pyridine rings is 1. The third-order valence-corrected chi connectivity index (χ3v) is 4.06. The molecule has 0 saturated heterocycles. The summed E-state index contributed by atoms with van der Waals surface area (Å²) in [4.78, 5) is 4.36. The molecule has 102 valence electrons. The molecule has 2 aromatic heterocycles. The number of nitrogens with two attached hydrogens (primary N) is 1. The molecule has 7 heteroatoms. The molecular formula is C12H13Br2ClN4. The number of nitrogens with zero attached hydrogens (tertiary/aromatic N) is 3. The van der Waals surface area contributed by atoms with Crippen LogP contribution in [0.15, 0.2) is 27.4 Å². The van der Waals surface area contributed by atoms with E-state index in [-0.39, 0.29) is 6.04 Å². The van der Waals surface area contributed by atoms with Gasteiger partial charge in [0.05, 0.1) is 28.6 Å². The lowest BCUT2D eigenvalue weighted by Crippen LogP contribution is -2.20. The molecule has 2 heterocycles. The van der Waals surface area contributed by atoms with Crippen molar-refractivity contribution in [3.05, 3.63) is 43.8 Å². The zero-order valence-electron chi connectivity index (χ0n) is 10.4. The highest BCUT2D eigenvalue weighted by Crippen LogP contribution is 2.31. The Bertz CT molecular complexity index is 597. The molecule has 0 spiro atoms. The van der Waals surface area contributed by atoms with Gasteiger partial charge in [-0.25, -0.2) is 0 Å². The summed E-state index contributed by atoms with van der Waals surface area (Å²) in [5.41, 5.74) is 7.80. The first-order valence-corrected chi connectivity index (χ1v) is 7.67. The highest BCUT2D eigenvalue weighted by atomic mass is 79.9. The summed E-state index contributed by atoms with van der Waals surface area (Å²) >= 11 is 13.0. The van der Waals surface area contributed by atoms with Gasteiger partial charge in [0.2, 0.25) is 0 Å². The van der Waals surface area contributed by atoms with Gasteiger partial charge in [-0.15, -0.1) is 0 Å². The number of aromatic nitrogens is 3. The highest BCUT2D eigenvalue weighted by Gasteiger charge is 2.22. The van der Waals surface area contributed by atoms with Crippen molar-refractivity contribution in [3.8, 4) is 0 Å². The minimum atomic E-state index is -0.431. The first-order chi connectivity index (χ1) is 8.91. The molecule has 4 nitrogen and oxygen atoms in total. The molecule has 0 aliphatic rings. The lowest BCUT2D eigenvalue weighted by atomic mass is 10.1. The Kier molecular flexibility index (Phi) is 4.66. The second kappa shape index (κ2) is 5.91. The van der Waals surface area contributed by atoms with Gasteiger partial charge < -0.3 is 5.73 Å². The van der Waals surface area contributed by atoms with Crippen LogP contribution in [0.25, 0.3) is 0 Å². The van der Waals surface area contributed by atoms with Crippen LogP contribution in [0.4, 0.5) is 0 Å². The predicted octanol–water partition coefficient (Wildman–Crippen LogP) is 4.09. The van der Waals surface area contributed by atoms with E-state index in [1.165, 1.54) is 0 Å². The van der Waals surface area contributed by atoms with Crippen molar-refractivity contribution in [2.45, 2.75) is 25.9 Å². The molecule has 1 unspecified atom stereocenters. The van der Waals surface area contributed by atoms with Crippen LogP contribution >= 0.6 is 43.5 Å². The van der Waals surface area contributed by atoms with Crippen LogP contribution < -0.4 is 5.73 Å². The maximum atomic E-state index is 6.30. The van der Waals surface area contributed by atoms with E-state index in [1.807, 2.05) is 24.6 Å². The number of rotatable bonds is 3. The molecule has 2 aromatic rings. The normalized spacial score (nSPS) is 13.0. The Balaban J connectivity index is 2.49. The van der Waals surface area contributed by atoms with Crippen LogP contribution in [0, 0.1) is 0 Å². The number of hydrogen-bond acceptors (Lipinski definition) is 3. The summed E-state index contributed by atoms with van der Waals surface area (Å²) in [6.07, 6.45) is 3.33. The lowest BCUT2D eigenvalue weighted by Gasteiger charge is -2.18. The monoisotopic (exact) mass is 406 g/mol. The van der Waals surface area contributed by atoms with Gasteiger partial charge in [0.25, 0.3) is 0 Å². The van der Waals surface area contributed by atoms with Gasteiger partial charge in [-0.3, -0.25) is 9.67 Å². The Morgan fingerprint density at radius 1 is 1.32 bits per heavy atom. The summed E-state index contributed by atoms with van der Waals surface area (Å²) in [7, 11) is 0. The standard InChI is InChI=1S/C12H13Br2ClN4/c1-6(2)19-12(9(15)5-18-19)10(16)11-8(14)3-7(13)4-17-11/h3-6,10H,16H2,1-2H3. The number of halogens is 3. The Morgan fingerprint density at radius 3 is 2.58 bits per heavy atom.